The minimum atomic E-state index is -0.686. The summed E-state index contributed by atoms with van der Waals surface area (Å²) >= 11 is 0. The van der Waals surface area contributed by atoms with Crippen LogP contribution in [0.4, 0.5) is 51.2 Å². The van der Waals surface area contributed by atoms with E-state index >= 15 is 0 Å². The number of rotatable bonds is 9. The van der Waals surface area contributed by atoms with E-state index in [0.717, 1.165) is 57.1 Å². The van der Waals surface area contributed by atoms with Crippen molar-refractivity contribution in [3.05, 3.63) is 339 Å². The summed E-state index contributed by atoms with van der Waals surface area (Å²) in [7, 11) is 0. The number of benzene rings is 11. The highest BCUT2D eigenvalue weighted by atomic mass is 15.2. The van der Waals surface area contributed by atoms with Crippen LogP contribution in [0.5, 0.6) is 0 Å². The molecule has 11 aromatic carbocycles. The first kappa shape index (κ1) is 57.7. The predicted molar refractivity (Wildman–Crippen MR) is 373 cm³/mol. The van der Waals surface area contributed by atoms with E-state index in [1.165, 1.54) is 107 Å². The molecule has 14 rings (SSSR count). The lowest BCUT2D eigenvalue weighted by Gasteiger charge is -2.34. The smallest absolute Gasteiger partial charge is 0.0727 e. The Labute approximate surface area is 517 Å². The van der Waals surface area contributed by atoms with Gasteiger partial charge in [-0.3, -0.25) is 0 Å². The van der Waals surface area contributed by atoms with Gasteiger partial charge in [0.1, 0.15) is 0 Å². The van der Waals surface area contributed by atoms with Gasteiger partial charge in [-0.05, 0) is 235 Å². The summed E-state index contributed by atoms with van der Waals surface area (Å²) < 4.78 is 0. The van der Waals surface area contributed by atoms with E-state index in [4.69, 9.17) is 0 Å². The maximum absolute atomic E-state index is 2.51. The lowest BCUT2D eigenvalue weighted by molar-refractivity contribution is 0.731. The van der Waals surface area contributed by atoms with Crippen LogP contribution in [0.15, 0.2) is 266 Å². The van der Waals surface area contributed by atoms with Gasteiger partial charge in [0.25, 0.3) is 0 Å². The van der Waals surface area contributed by atoms with Crippen molar-refractivity contribution in [2.24, 2.45) is 5.92 Å². The molecule has 3 heteroatoms. The van der Waals surface area contributed by atoms with E-state index in [2.05, 4.69) is 352 Å². The average Bonchev–Trinajstić information content (AvgIpc) is 1.51. The van der Waals surface area contributed by atoms with Crippen molar-refractivity contribution in [2.45, 2.75) is 88.0 Å². The van der Waals surface area contributed by atoms with E-state index < -0.39 is 5.41 Å². The Morgan fingerprint density at radius 3 is 0.724 bits per heavy atom. The molecule has 0 aromatic heterocycles. The van der Waals surface area contributed by atoms with Crippen LogP contribution in [-0.2, 0) is 5.41 Å². The van der Waals surface area contributed by atoms with Crippen LogP contribution in [0, 0.1) is 68.2 Å². The minimum Gasteiger partial charge on any atom is -0.310 e. The quantitative estimate of drug-likeness (QED) is 0.143. The molecule has 1 atom stereocenters. The molecule has 0 amide bonds. The Morgan fingerprint density at radius 1 is 0.264 bits per heavy atom. The Bertz CT molecular complexity index is 3860. The van der Waals surface area contributed by atoms with Crippen molar-refractivity contribution in [1.82, 2.24) is 0 Å². The number of allylic oxidation sites excluding steroid dienone is 4. The van der Waals surface area contributed by atoms with Crippen LogP contribution >= 0.6 is 0 Å². The van der Waals surface area contributed by atoms with Gasteiger partial charge >= 0.3 is 0 Å². The summed E-state index contributed by atoms with van der Waals surface area (Å²) in [6.07, 6.45) is 7.95. The third-order valence-corrected chi connectivity index (χ3v) is 17.6. The number of anilines is 9. The van der Waals surface area contributed by atoms with Crippen molar-refractivity contribution < 1.29 is 0 Å². The maximum Gasteiger partial charge on any atom is 0.0727 e. The predicted octanol–water partition coefficient (Wildman–Crippen LogP) is 23.4. The van der Waals surface area contributed by atoms with E-state index in [9.17, 15) is 0 Å². The molecule has 0 fully saturated rings. The lowest BCUT2D eigenvalue weighted by Crippen LogP contribution is -2.27. The van der Waals surface area contributed by atoms with Gasteiger partial charge in [-0.2, -0.15) is 0 Å². The van der Waals surface area contributed by atoms with E-state index in [1.807, 2.05) is 0 Å². The summed E-state index contributed by atoms with van der Waals surface area (Å²) in [4.78, 5) is 7.28. The van der Waals surface area contributed by atoms with Gasteiger partial charge in [0.05, 0.1) is 5.41 Å². The highest BCUT2D eigenvalue weighted by Crippen LogP contribution is 2.65. The fourth-order valence-electron chi connectivity index (χ4n) is 12.7. The monoisotopic (exact) mass is 1130 g/mol. The number of fused-ring (bicyclic) bond motifs is 10. The van der Waals surface area contributed by atoms with Gasteiger partial charge in [-0.15, -0.1) is 0 Å². The van der Waals surface area contributed by atoms with E-state index in [1.54, 1.807) is 0 Å². The molecule has 3 aliphatic rings. The molecule has 3 aliphatic carbocycles. The summed E-state index contributed by atoms with van der Waals surface area (Å²) in [6, 6.07) is 91.0. The molecule has 430 valence electrons. The molecule has 87 heavy (non-hydrogen) atoms. The first-order chi connectivity index (χ1) is 42.1. The molecule has 1 unspecified atom stereocenters. The number of aryl methyl sites for hydroxylation is 9. The zero-order valence-corrected chi connectivity index (χ0v) is 52.5. The molecular weight excluding hydrogens is 1050 g/mol. The molecule has 0 N–H and O–H groups in total. The molecule has 3 nitrogen and oxygen atoms in total. The van der Waals surface area contributed by atoms with E-state index in [-0.39, 0.29) is 0 Å². The highest BCUT2D eigenvalue weighted by molar-refractivity contribution is 5.99. The number of nitrogens with zero attached hydrogens (tertiary/aromatic N) is 3. The molecule has 0 heterocycles. The molecule has 0 bridgehead atoms. The summed E-state index contributed by atoms with van der Waals surface area (Å²) in [5.41, 5.74) is 32.3. The van der Waals surface area contributed by atoms with Crippen LogP contribution in [0.3, 0.4) is 0 Å². The minimum absolute atomic E-state index is 0.686. The van der Waals surface area contributed by atoms with Crippen LogP contribution in [0.2, 0.25) is 0 Å². The third kappa shape index (κ3) is 11.6. The summed E-state index contributed by atoms with van der Waals surface area (Å²) in [5, 5.41) is 0. The second kappa shape index (κ2) is 24.3. The van der Waals surface area contributed by atoms with Gasteiger partial charge in [-0.25, -0.2) is 0 Å². The first-order valence-corrected chi connectivity index (χ1v) is 30.9. The third-order valence-electron chi connectivity index (χ3n) is 17.6. The standard InChI is InChI=1S/C68H57N3.C8H12.C8H10/c1-44-8-21-51(22-9-44)69(52-23-10-45(2)11-24-52)57-33-37-61-60-36-20-50(7)40-64(60)68(65(61)41-57)66-42-58(70(53-25-12-46(3)13-26-53)54-27-14-47(4)15-28-54)34-38-62(66)63-39-35-59(43-67(63)68)71(55-29-16-48(5)17-30-55)56-31-18-49(6)19-32-56;2*1-7-3-5-8(2)6-4-7/h8-43H,1-7H3;3-5,8H,6H2,1-2H3;3-6H,1-2H3. The Hall–Kier alpha value is -9.70. The number of hydrogen-bond donors (Lipinski definition) is 0. The molecule has 11 aromatic rings. The first-order valence-electron chi connectivity index (χ1n) is 30.9. The zero-order valence-electron chi connectivity index (χ0n) is 52.5. The summed E-state index contributed by atoms with van der Waals surface area (Å²) in [5.74, 6) is 0.763. The van der Waals surface area contributed by atoms with Crippen molar-refractivity contribution in [2.75, 3.05) is 14.7 Å². The largest absolute Gasteiger partial charge is 0.310 e. The molecular formula is C84H79N3. The average molecular weight is 1130 g/mol. The molecule has 0 radical (unpaired) electrons. The van der Waals surface area contributed by atoms with Crippen molar-refractivity contribution in [3.8, 4) is 22.3 Å². The lowest BCUT2D eigenvalue weighted by atomic mass is 9.70. The normalized spacial score (nSPS) is 13.6. The van der Waals surface area contributed by atoms with E-state index in [0.29, 0.717) is 0 Å². The van der Waals surface area contributed by atoms with Gasteiger partial charge in [-0.1, -0.05) is 214 Å². The van der Waals surface area contributed by atoms with Crippen molar-refractivity contribution >= 4 is 51.2 Å². The van der Waals surface area contributed by atoms with Gasteiger partial charge in [0.15, 0.2) is 0 Å². The summed E-state index contributed by atoms with van der Waals surface area (Å²) in [6.45, 7) is 23.8. The van der Waals surface area contributed by atoms with Gasteiger partial charge < -0.3 is 14.7 Å². The molecule has 0 aliphatic heterocycles. The maximum atomic E-state index is 2.51. The molecule has 0 saturated carbocycles. The topological polar surface area (TPSA) is 9.72 Å². The Morgan fingerprint density at radius 2 is 0.483 bits per heavy atom. The van der Waals surface area contributed by atoms with Crippen molar-refractivity contribution in [3.63, 3.8) is 0 Å². The number of hydrogen-bond acceptors (Lipinski definition) is 3. The fourth-order valence-corrected chi connectivity index (χ4v) is 12.7. The van der Waals surface area contributed by atoms with Crippen molar-refractivity contribution in [1.29, 1.82) is 0 Å². The second-order valence-corrected chi connectivity index (χ2v) is 24.7. The Balaban J connectivity index is 0.000000402. The second-order valence-electron chi connectivity index (χ2n) is 24.7. The SMILES string of the molecule is CC1=CCC(C)C=C1.Cc1ccc(C)cc1.Cc1ccc(N(c2ccc(C)cc2)c2ccc3c(c2)C2(c4cc(C)ccc4-3)c3cc(N(c4ccc(C)cc4)c4ccc(C)cc4)ccc3-c3ccc(N(c4ccc(C)cc4)c4ccc(C)cc4)cc32)cc1. The molecule has 1 spiro atoms. The molecule has 0 saturated heterocycles. The van der Waals surface area contributed by atoms with Crippen LogP contribution in [0.25, 0.3) is 22.3 Å². The van der Waals surface area contributed by atoms with Crippen LogP contribution in [0.1, 0.15) is 92.6 Å². The highest BCUT2D eigenvalue weighted by Gasteiger charge is 2.52. The zero-order chi connectivity index (χ0) is 60.5. The van der Waals surface area contributed by atoms with Gasteiger partial charge in [0.2, 0.25) is 0 Å². The van der Waals surface area contributed by atoms with Gasteiger partial charge in [0, 0.05) is 51.2 Å². The fraction of sp³-hybridized carbons (Fsp3) is 0.167. The van der Waals surface area contributed by atoms with Crippen LogP contribution in [-0.4, -0.2) is 0 Å². The van der Waals surface area contributed by atoms with Crippen LogP contribution < -0.4 is 14.7 Å². The Kier molecular flexibility index (Phi) is 16.2.